The number of rotatable bonds is 6. The highest BCUT2D eigenvalue weighted by molar-refractivity contribution is 5.42. The fraction of sp³-hybridized carbons (Fsp3) is 0.688. The van der Waals surface area contributed by atoms with Crippen LogP contribution in [0.2, 0.25) is 0 Å². The molecule has 0 spiro atoms. The number of pyridine rings is 1. The van der Waals surface area contributed by atoms with E-state index in [1.54, 1.807) is 0 Å². The van der Waals surface area contributed by atoms with Crippen molar-refractivity contribution < 1.29 is 5.11 Å². The Balaban J connectivity index is 2.04. The van der Waals surface area contributed by atoms with E-state index in [-0.39, 0.29) is 12.6 Å². The lowest BCUT2D eigenvalue weighted by Gasteiger charge is -2.26. The fourth-order valence-corrected chi connectivity index (χ4v) is 2.87. The summed E-state index contributed by atoms with van der Waals surface area (Å²) in [6.45, 7) is 8.76. The van der Waals surface area contributed by atoms with Crippen molar-refractivity contribution in [2.24, 2.45) is 5.92 Å². The average molecular weight is 277 g/mol. The maximum Gasteiger partial charge on any atom is 0.128 e. The average Bonchev–Trinajstić information content (AvgIpc) is 2.85. The quantitative estimate of drug-likeness (QED) is 0.838. The van der Waals surface area contributed by atoms with Crippen LogP contribution in [0.25, 0.3) is 0 Å². The zero-order chi connectivity index (χ0) is 14.5. The van der Waals surface area contributed by atoms with Crippen molar-refractivity contribution in [3.63, 3.8) is 0 Å². The van der Waals surface area contributed by atoms with E-state index in [1.165, 1.54) is 5.56 Å². The van der Waals surface area contributed by atoms with Crippen molar-refractivity contribution in [1.29, 1.82) is 0 Å². The van der Waals surface area contributed by atoms with Crippen molar-refractivity contribution >= 4 is 5.82 Å². The monoisotopic (exact) mass is 277 g/mol. The molecule has 0 radical (unpaired) electrons. The lowest BCUT2D eigenvalue weighted by Crippen LogP contribution is -2.35. The third kappa shape index (κ3) is 3.30. The summed E-state index contributed by atoms with van der Waals surface area (Å²) < 4.78 is 0. The molecule has 1 aliphatic rings. The second-order valence-corrected chi connectivity index (χ2v) is 5.83. The smallest absolute Gasteiger partial charge is 0.128 e. The topological polar surface area (TPSA) is 48.4 Å². The van der Waals surface area contributed by atoms with Crippen LogP contribution in [0.1, 0.15) is 45.2 Å². The number of aliphatic hydroxyl groups excluding tert-OH is 1. The third-order valence-corrected chi connectivity index (χ3v) is 4.34. The van der Waals surface area contributed by atoms with Gasteiger partial charge in [0, 0.05) is 18.8 Å². The van der Waals surface area contributed by atoms with Crippen LogP contribution in [0.15, 0.2) is 18.3 Å². The molecule has 3 atom stereocenters. The maximum atomic E-state index is 9.53. The van der Waals surface area contributed by atoms with Gasteiger partial charge in [0.25, 0.3) is 0 Å². The summed E-state index contributed by atoms with van der Waals surface area (Å²) in [5.41, 5.74) is 1.22. The Hall–Kier alpha value is -1.13. The molecule has 1 aromatic heterocycles. The van der Waals surface area contributed by atoms with Crippen molar-refractivity contribution in [1.82, 2.24) is 10.3 Å². The summed E-state index contributed by atoms with van der Waals surface area (Å²) in [5.74, 6) is 1.52. The van der Waals surface area contributed by atoms with Crippen LogP contribution in [-0.2, 0) is 0 Å². The Bertz CT molecular complexity index is 407. The minimum absolute atomic E-state index is 0.207. The first kappa shape index (κ1) is 15.3. The van der Waals surface area contributed by atoms with Gasteiger partial charge < -0.3 is 15.3 Å². The largest absolute Gasteiger partial charge is 0.394 e. The molecule has 20 heavy (non-hydrogen) atoms. The first-order valence-corrected chi connectivity index (χ1v) is 7.74. The highest BCUT2D eigenvalue weighted by Gasteiger charge is 2.31. The maximum absolute atomic E-state index is 9.53. The minimum Gasteiger partial charge on any atom is -0.394 e. The van der Waals surface area contributed by atoms with Crippen LogP contribution in [0.3, 0.4) is 0 Å². The predicted octanol–water partition coefficient (Wildman–Crippen LogP) is 2.35. The summed E-state index contributed by atoms with van der Waals surface area (Å²) in [6, 6.07) is 4.78. The molecule has 2 N–H and O–H groups in total. The van der Waals surface area contributed by atoms with Crippen molar-refractivity contribution in [2.75, 3.05) is 24.6 Å². The van der Waals surface area contributed by atoms with Gasteiger partial charge in [-0.15, -0.1) is 0 Å². The molecule has 112 valence electrons. The van der Waals surface area contributed by atoms with Crippen LogP contribution >= 0.6 is 0 Å². The summed E-state index contributed by atoms with van der Waals surface area (Å²) in [7, 11) is 0. The fourth-order valence-electron chi connectivity index (χ4n) is 2.87. The molecule has 2 heterocycles. The van der Waals surface area contributed by atoms with E-state index in [2.05, 4.69) is 48.1 Å². The number of hydrogen-bond donors (Lipinski definition) is 2. The van der Waals surface area contributed by atoms with Gasteiger partial charge in [0.15, 0.2) is 0 Å². The van der Waals surface area contributed by atoms with E-state index in [0.717, 1.165) is 31.7 Å². The van der Waals surface area contributed by atoms with Crippen LogP contribution in [0.4, 0.5) is 5.82 Å². The number of nitrogens with zero attached hydrogens (tertiary/aromatic N) is 2. The first-order valence-electron chi connectivity index (χ1n) is 7.74. The van der Waals surface area contributed by atoms with Gasteiger partial charge in [-0.25, -0.2) is 4.98 Å². The van der Waals surface area contributed by atoms with Crippen molar-refractivity contribution in [2.45, 2.75) is 45.7 Å². The van der Waals surface area contributed by atoms with Crippen molar-refractivity contribution in [3.05, 3.63) is 23.9 Å². The second kappa shape index (κ2) is 7.04. The van der Waals surface area contributed by atoms with Gasteiger partial charge >= 0.3 is 0 Å². The van der Waals surface area contributed by atoms with E-state index in [0.29, 0.717) is 12.0 Å². The molecule has 4 heteroatoms. The molecule has 4 nitrogen and oxygen atoms in total. The van der Waals surface area contributed by atoms with Gasteiger partial charge in [0.2, 0.25) is 0 Å². The van der Waals surface area contributed by atoms with E-state index in [9.17, 15) is 5.11 Å². The molecule has 1 fully saturated rings. The van der Waals surface area contributed by atoms with Gasteiger partial charge in [-0.05, 0) is 43.9 Å². The Morgan fingerprint density at radius 1 is 1.50 bits per heavy atom. The zero-order valence-electron chi connectivity index (χ0n) is 12.8. The molecular weight excluding hydrogens is 250 g/mol. The molecule has 0 aromatic carbocycles. The van der Waals surface area contributed by atoms with Gasteiger partial charge in [0.1, 0.15) is 5.82 Å². The van der Waals surface area contributed by atoms with Crippen LogP contribution in [0, 0.1) is 5.92 Å². The normalized spacial score (nSPS) is 24.1. The van der Waals surface area contributed by atoms with Crippen LogP contribution in [-0.4, -0.2) is 35.8 Å². The number of anilines is 1. The summed E-state index contributed by atoms with van der Waals surface area (Å²) in [4.78, 5) is 6.83. The third-order valence-electron chi connectivity index (χ3n) is 4.34. The Kier molecular flexibility index (Phi) is 5.38. The number of hydrogen-bond acceptors (Lipinski definition) is 4. The zero-order valence-corrected chi connectivity index (χ0v) is 12.8. The Labute approximate surface area is 122 Å². The SMILES string of the molecule is CCCNC(C)c1ccc(N2CCC(C)C2CO)nc1. The molecule has 0 saturated carbocycles. The van der Waals surface area contributed by atoms with Crippen LogP contribution < -0.4 is 10.2 Å². The lowest BCUT2D eigenvalue weighted by molar-refractivity contribution is 0.244. The van der Waals surface area contributed by atoms with Gasteiger partial charge in [-0.1, -0.05) is 19.9 Å². The second-order valence-electron chi connectivity index (χ2n) is 5.83. The Morgan fingerprint density at radius 3 is 2.90 bits per heavy atom. The van der Waals surface area contributed by atoms with E-state index >= 15 is 0 Å². The number of nitrogens with one attached hydrogen (secondary N) is 1. The molecule has 0 amide bonds. The minimum atomic E-state index is 0.207. The molecule has 0 bridgehead atoms. The van der Waals surface area contributed by atoms with Gasteiger partial charge in [0.05, 0.1) is 12.6 Å². The molecule has 1 aliphatic heterocycles. The summed E-state index contributed by atoms with van der Waals surface area (Å²) >= 11 is 0. The van der Waals surface area contributed by atoms with E-state index < -0.39 is 0 Å². The molecule has 0 aliphatic carbocycles. The number of aromatic nitrogens is 1. The van der Waals surface area contributed by atoms with Crippen LogP contribution in [0.5, 0.6) is 0 Å². The van der Waals surface area contributed by atoms with E-state index in [1.807, 2.05) is 6.20 Å². The van der Waals surface area contributed by atoms with Crippen molar-refractivity contribution in [3.8, 4) is 0 Å². The molecular formula is C16H27N3O. The van der Waals surface area contributed by atoms with Gasteiger partial charge in [-0.2, -0.15) is 0 Å². The molecule has 1 aromatic rings. The standard InChI is InChI=1S/C16H27N3O/c1-4-8-17-13(3)14-5-6-16(18-10-14)19-9-7-12(2)15(19)11-20/h5-6,10,12-13,15,17,20H,4,7-9,11H2,1-3H3. The predicted molar refractivity (Wildman–Crippen MR) is 82.9 cm³/mol. The number of aliphatic hydroxyl groups is 1. The summed E-state index contributed by atoms with van der Waals surface area (Å²) in [5, 5.41) is 13.0. The molecule has 3 unspecified atom stereocenters. The van der Waals surface area contributed by atoms with E-state index in [4.69, 9.17) is 0 Å². The lowest BCUT2D eigenvalue weighted by atomic mass is 10.0. The molecule has 2 rings (SSSR count). The first-order chi connectivity index (χ1) is 9.67. The summed E-state index contributed by atoms with van der Waals surface area (Å²) in [6.07, 6.45) is 4.23. The highest BCUT2D eigenvalue weighted by atomic mass is 16.3. The highest BCUT2D eigenvalue weighted by Crippen LogP contribution is 2.28. The molecule has 1 saturated heterocycles. The Morgan fingerprint density at radius 2 is 2.30 bits per heavy atom. The van der Waals surface area contributed by atoms with Gasteiger partial charge in [-0.3, -0.25) is 0 Å².